The van der Waals surface area contributed by atoms with E-state index in [1.54, 1.807) is 12.1 Å². The highest BCUT2D eigenvalue weighted by Crippen LogP contribution is 2.43. The second-order valence-corrected chi connectivity index (χ2v) is 5.13. The molecule has 0 bridgehead atoms. The first-order chi connectivity index (χ1) is 9.59. The van der Waals surface area contributed by atoms with Crippen molar-refractivity contribution < 1.29 is 9.18 Å². The number of halogens is 1. The SMILES string of the molecule is Cc1ccc(C(=O)NC2(c3ncc(F)cn3)CC2)cc1. The lowest BCUT2D eigenvalue weighted by molar-refractivity contribution is 0.0928. The molecule has 0 aliphatic heterocycles. The minimum atomic E-state index is -0.532. The number of hydrogen-bond donors (Lipinski definition) is 1. The molecular weight excluding hydrogens is 257 g/mol. The quantitative estimate of drug-likeness (QED) is 0.932. The molecule has 102 valence electrons. The molecular formula is C15H14FN3O. The van der Waals surface area contributed by atoms with Crippen LogP contribution in [0.5, 0.6) is 0 Å². The summed E-state index contributed by atoms with van der Waals surface area (Å²) in [7, 11) is 0. The van der Waals surface area contributed by atoms with Gasteiger partial charge in [-0.1, -0.05) is 17.7 Å². The van der Waals surface area contributed by atoms with Crippen molar-refractivity contribution in [2.24, 2.45) is 0 Å². The van der Waals surface area contributed by atoms with E-state index in [2.05, 4.69) is 15.3 Å². The summed E-state index contributed by atoms with van der Waals surface area (Å²) in [5, 5.41) is 2.95. The molecule has 1 heterocycles. The van der Waals surface area contributed by atoms with E-state index in [-0.39, 0.29) is 5.91 Å². The average Bonchev–Trinajstić information content (AvgIpc) is 3.21. The number of carbonyl (C=O) groups is 1. The van der Waals surface area contributed by atoms with Crippen molar-refractivity contribution in [3.05, 3.63) is 59.4 Å². The molecule has 2 aromatic rings. The van der Waals surface area contributed by atoms with Crippen LogP contribution < -0.4 is 5.32 Å². The molecule has 5 heteroatoms. The van der Waals surface area contributed by atoms with Gasteiger partial charge in [0.05, 0.1) is 12.4 Å². The Hall–Kier alpha value is -2.30. The Morgan fingerprint density at radius 2 is 1.80 bits per heavy atom. The number of rotatable bonds is 3. The van der Waals surface area contributed by atoms with E-state index >= 15 is 0 Å². The van der Waals surface area contributed by atoms with Crippen molar-refractivity contribution in [3.63, 3.8) is 0 Å². The van der Waals surface area contributed by atoms with E-state index in [4.69, 9.17) is 0 Å². The summed E-state index contributed by atoms with van der Waals surface area (Å²) in [5.74, 6) is -0.163. The lowest BCUT2D eigenvalue weighted by Crippen LogP contribution is -2.36. The summed E-state index contributed by atoms with van der Waals surface area (Å²) in [6.45, 7) is 1.97. The van der Waals surface area contributed by atoms with Crippen LogP contribution >= 0.6 is 0 Å². The molecule has 1 amide bonds. The number of nitrogens with zero attached hydrogens (tertiary/aromatic N) is 2. The van der Waals surface area contributed by atoms with Gasteiger partial charge in [-0.15, -0.1) is 0 Å². The van der Waals surface area contributed by atoms with Gasteiger partial charge < -0.3 is 5.32 Å². The fourth-order valence-electron chi connectivity index (χ4n) is 2.08. The molecule has 0 unspecified atom stereocenters. The Bertz CT molecular complexity index is 633. The van der Waals surface area contributed by atoms with Gasteiger partial charge in [-0.25, -0.2) is 14.4 Å². The van der Waals surface area contributed by atoms with E-state index < -0.39 is 11.4 Å². The first-order valence-corrected chi connectivity index (χ1v) is 6.46. The van der Waals surface area contributed by atoms with Crippen LogP contribution in [0.3, 0.4) is 0 Å². The van der Waals surface area contributed by atoms with Crippen LogP contribution in [-0.2, 0) is 5.54 Å². The molecule has 1 N–H and O–H groups in total. The first-order valence-electron chi connectivity index (χ1n) is 6.46. The van der Waals surface area contributed by atoms with E-state index in [1.165, 1.54) is 0 Å². The molecule has 0 saturated heterocycles. The zero-order valence-corrected chi connectivity index (χ0v) is 11.1. The summed E-state index contributed by atoms with van der Waals surface area (Å²) < 4.78 is 12.8. The van der Waals surface area contributed by atoms with E-state index in [9.17, 15) is 9.18 Å². The van der Waals surface area contributed by atoms with Crippen LogP contribution in [0.2, 0.25) is 0 Å². The summed E-state index contributed by atoms with van der Waals surface area (Å²) in [5.41, 5.74) is 1.17. The molecule has 1 aromatic carbocycles. The third kappa shape index (κ3) is 2.39. The molecule has 1 aromatic heterocycles. The molecule has 0 atom stereocenters. The Morgan fingerprint density at radius 3 is 2.35 bits per heavy atom. The lowest BCUT2D eigenvalue weighted by atomic mass is 10.1. The lowest BCUT2D eigenvalue weighted by Gasteiger charge is -2.15. The van der Waals surface area contributed by atoms with Gasteiger partial charge in [0, 0.05) is 5.56 Å². The molecule has 20 heavy (non-hydrogen) atoms. The van der Waals surface area contributed by atoms with Gasteiger partial charge in [-0.2, -0.15) is 0 Å². The number of hydrogen-bond acceptors (Lipinski definition) is 3. The summed E-state index contributed by atoms with van der Waals surface area (Å²) in [4.78, 5) is 20.2. The normalized spacial score (nSPS) is 15.7. The van der Waals surface area contributed by atoms with Gasteiger partial charge in [0.2, 0.25) is 0 Å². The largest absolute Gasteiger partial charge is 0.339 e. The van der Waals surface area contributed by atoms with Gasteiger partial charge in [-0.3, -0.25) is 4.79 Å². The van der Waals surface area contributed by atoms with Crippen LogP contribution in [0.15, 0.2) is 36.7 Å². The van der Waals surface area contributed by atoms with Crippen molar-refractivity contribution in [2.45, 2.75) is 25.3 Å². The van der Waals surface area contributed by atoms with E-state index in [1.807, 2.05) is 19.1 Å². The topological polar surface area (TPSA) is 54.9 Å². The van der Waals surface area contributed by atoms with Crippen LogP contribution in [0, 0.1) is 12.7 Å². The minimum absolute atomic E-state index is 0.157. The van der Waals surface area contributed by atoms with Gasteiger partial charge in [-0.05, 0) is 31.9 Å². The highest BCUT2D eigenvalue weighted by atomic mass is 19.1. The maximum Gasteiger partial charge on any atom is 0.252 e. The van der Waals surface area contributed by atoms with Crippen molar-refractivity contribution in [3.8, 4) is 0 Å². The molecule has 3 rings (SSSR count). The monoisotopic (exact) mass is 271 g/mol. The van der Waals surface area contributed by atoms with E-state index in [0.717, 1.165) is 30.8 Å². The maximum absolute atomic E-state index is 12.8. The number of aromatic nitrogens is 2. The fourth-order valence-corrected chi connectivity index (χ4v) is 2.08. The number of carbonyl (C=O) groups excluding carboxylic acids is 1. The Labute approximate surface area is 116 Å². The Morgan fingerprint density at radius 1 is 1.20 bits per heavy atom. The highest BCUT2D eigenvalue weighted by Gasteiger charge is 2.48. The number of aryl methyl sites for hydroxylation is 1. The zero-order valence-electron chi connectivity index (χ0n) is 11.1. The Balaban J connectivity index is 1.78. The molecule has 1 aliphatic rings. The molecule has 4 nitrogen and oxygen atoms in total. The summed E-state index contributed by atoms with van der Waals surface area (Å²) >= 11 is 0. The highest BCUT2D eigenvalue weighted by molar-refractivity contribution is 5.95. The number of benzene rings is 1. The van der Waals surface area contributed by atoms with Gasteiger partial charge >= 0.3 is 0 Å². The van der Waals surface area contributed by atoms with Crippen LogP contribution in [0.1, 0.15) is 34.6 Å². The maximum atomic E-state index is 12.8. The third-order valence-corrected chi connectivity index (χ3v) is 3.46. The van der Waals surface area contributed by atoms with Crippen molar-refractivity contribution in [1.82, 2.24) is 15.3 Å². The molecule has 0 radical (unpaired) electrons. The van der Waals surface area contributed by atoms with Gasteiger partial charge in [0.25, 0.3) is 5.91 Å². The molecule has 0 spiro atoms. The summed E-state index contributed by atoms with van der Waals surface area (Å²) in [6.07, 6.45) is 3.80. The van der Waals surface area contributed by atoms with Crippen LogP contribution in [0.4, 0.5) is 4.39 Å². The summed E-state index contributed by atoms with van der Waals surface area (Å²) in [6, 6.07) is 7.35. The predicted molar refractivity (Wildman–Crippen MR) is 71.5 cm³/mol. The predicted octanol–water partition coefficient (Wildman–Crippen LogP) is 2.34. The number of nitrogens with one attached hydrogen (secondary N) is 1. The average molecular weight is 271 g/mol. The van der Waals surface area contributed by atoms with Crippen molar-refractivity contribution >= 4 is 5.91 Å². The smallest absolute Gasteiger partial charge is 0.252 e. The fraction of sp³-hybridized carbons (Fsp3) is 0.267. The van der Waals surface area contributed by atoms with Crippen LogP contribution in [-0.4, -0.2) is 15.9 Å². The standard InChI is InChI=1S/C15H14FN3O/c1-10-2-4-11(5-3-10)13(20)19-15(6-7-15)14-17-8-12(16)9-18-14/h2-5,8-9H,6-7H2,1H3,(H,19,20). The second kappa shape index (κ2) is 4.67. The molecule has 1 aliphatic carbocycles. The van der Waals surface area contributed by atoms with Gasteiger partial charge in [0.15, 0.2) is 11.6 Å². The van der Waals surface area contributed by atoms with E-state index in [0.29, 0.717) is 11.4 Å². The zero-order chi connectivity index (χ0) is 14.2. The number of amides is 1. The first kappa shape index (κ1) is 12.7. The molecule has 1 saturated carbocycles. The third-order valence-electron chi connectivity index (χ3n) is 3.46. The minimum Gasteiger partial charge on any atom is -0.339 e. The Kier molecular flexibility index (Phi) is 2.97. The molecule has 1 fully saturated rings. The van der Waals surface area contributed by atoms with Crippen LogP contribution in [0.25, 0.3) is 0 Å². The van der Waals surface area contributed by atoms with Crippen molar-refractivity contribution in [2.75, 3.05) is 0 Å². The van der Waals surface area contributed by atoms with Crippen molar-refractivity contribution in [1.29, 1.82) is 0 Å². The van der Waals surface area contributed by atoms with Gasteiger partial charge in [0.1, 0.15) is 5.54 Å². The second-order valence-electron chi connectivity index (χ2n) is 5.13.